The van der Waals surface area contributed by atoms with E-state index in [1.54, 1.807) is 6.08 Å². The summed E-state index contributed by atoms with van der Waals surface area (Å²) < 4.78 is 35.0. The van der Waals surface area contributed by atoms with Crippen LogP contribution in [0.15, 0.2) is 54.4 Å². The maximum Gasteiger partial charge on any atom is 0.337 e. The predicted octanol–water partition coefficient (Wildman–Crippen LogP) is 3.80. The van der Waals surface area contributed by atoms with Gasteiger partial charge < -0.3 is 24.4 Å². The number of amides is 2. The summed E-state index contributed by atoms with van der Waals surface area (Å²) in [4.78, 5) is 47.8. The predicted molar refractivity (Wildman–Crippen MR) is 140 cm³/mol. The van der Waals surface area contributed by atoms with Crippen molar-refractivity contribution >= 4 is 40.9 Å². The molecule has 3 heterocycles. The van der Waals surface area contributed by atoms with Gasteiger partial charge in [0.2, 0.25) is 5.95 Å². The number of nitrogens with one attached hydrogen (secondary N) is 1. The second-order valence-electron chi connectivity index (χ2n) is 8.63. The first-order valence-corrected chi connectivity index (χ1v) is 11.8. The molecule has 10 nitrogen and oxygen atoms in total. The first-order valence-electron chi connectivity index (χ1n) is 11.5. The number of hydrogen-bond acceptors (Lipinski definition) is 7. The zero-order chi connectivity index (χ0) is 28.4. The van der Waals surface area contributed by atoms with Gasteiger partial charge >= 0.3 is 5.97 Å². The Morgan fingerprint density at radius 3 is 2.54 bits per heavy atom. The Morgan fingerprint density at radius 2 is 1.92 bits per heavy atom. The minimum absolute atomic E-state index is 0.0792. The summed E-state index contributed by atoms with van der Waals surface area (Å²) in [5, 5.41) is 2.71. The fourth-order valence-electron chi connectivity index (χ4n) is 3.85. The van der Waals surface area contributed by atoms with E-state index in [-0.39, 0.29) is 45.7 Å². The Hall–Kier alpha value is -4.58. The maximum absolute atomic E-state index is 14.6. The molecule has 4 rings (SSSR count). The summed E-state index contributed by atoms with van der Waals surface area (Å²) >= 11 is 6.34. The topological polar surface area (TPSA) is 110 Å². The van der Waals surface area contributed by atoms with Crippen molar-refractivity contribution in [3.8, 4) is 11.3 Å². The van der Waals surface area contributed by atoms with Crippen molar-refractivity contribution in [2.75, 3.05) is 38.0 Å². The third-order valence-corrected chi connectivity index (χ3v) is 6.20. The number of pyridine rings is 1. The molecule has 1 N–H and O–H groups in total. The van der Waals surface area contributed by atoms with Crippen molar-refractivity contribution in [3.05, 3.63) is 82.6 Å². The van der Waals surface area contributed by atoms with E-state index in [0.29, 0.717) is 5.57 Å². The highest BCUT2D eigenvalue weighted by Crippen LogP contribution is 2.28. The highest BCUT2D eigenvalue weighted by molar-refractivity contribution is 6.34. The van der Waals surface area contributed by atoms with Crippen LogP contribution in [0, 0.1) is 11.8 Å². The largest absolute Gasteiger partial charge is 0.465 e. The number of anilines is 2. The van der Waals surface area contributed by atoms with Gasteiger partial charge in [0.25, 0.3) is 11.8 Å². The fraction of sp³-hybridized carbons (Fsp3) is 0.192. The third kappa shape index (κ3) is 5.50. The van der Waals surface area contributed by atoms with Gasteiger partial charge in [0, 0.05) is 39.6 Å². The first-order chi connectivity index (χ1) is 18.5. The molecule has 0 bridgehead atoms. The second kappa shape index (κ2) is 11.0. The van der Waals surface area contributed by atoms with Gasteiger partial charge in [0.1, 0.15) is 0 Å². The Balaban J connectivity index is 1.49. The van der Waals surface area contributed by atoms with Crippen LogP contribution >= 0.6 is 11.6 Å². The number of imidazole rings is 1. The molecule has 1 aliphatic heterocycles. The summed E-state index contributed by atoms with van der Waals surface area (Å²) in [5.41, 5.74) is 0.783. The molecule has 0 saturated carbocycles. The zero-order valence-corrected chi connectivity index (χ0v) is 22.1. The van der Waals surface area contributed by atoms with Gasteiger partial charge in [0.05, 0.1) is 40.7 Å². The first kappa shape index (κ1) is 27.5. The van der Waals surface area contributed by atoms with Crippen LogP contribution in [0.1, 0.15) is 21.0 Å². The Morgan fingerprint density at radius 1 is 1.18 bits per heavy atom. The molecule has 0 unspecified atom stereocenters. The number of benzene rings is 1. The van der Waals surface area contributed by atoms with Crippen molar-refractivity contribution < 1.29 is 27.9 Å². The number of aromatic nitrogens is 3. The molecule has 39 heavy (non-hydrogen) atoms. The van der Waals surface area contributed by atoms with Gasteiger partial charge in [-0.15, -0.1) is 0 Å². The lowest BCUT2D eigenvalue weighted by molar-refractivity contribution is -0.135. The standard InChI is InChI=1S/C26H23ClF2N6O4/c1-33(2)22-19(28)12-17(21(29)32-22)20-13-30-23(34(20)3)24(36)31-15-5-6-16(18(27)11-15)25(37)35-9-7-14(8-10-35)26(38)39-4/h5-9,11-13H,10H2,1-4H3,(H,31,36). The Labute approximate surface area is 227 Å². The summed E-state index contributed by atoms with van der Waals surface area (Å²) in [6, 6.07) is 5.34. The molecule has 3 aromatic rings. The van der Waals surface area contributed by atoms with Crippen LogP contribution in [0.2, 0.25) is 5.02 Å². The number of ether oxygens (including phenoxy) is 1. The number of carbonyl (C=O) groups excluding carboxylic acids is 3. The lowest BCUT2D eigenvalue weighted by Gasteiger charge is -2.21. The molecular formula is C26H23ClF2N6O4. The van der Waals surface area contributed by atoms with Crippen LogP contribution in [0.4, 0.5) is 20.3 Å². The van der Waals surface area contributed by atoms with Crippen molar-refractivity contribution in [1.82, 2.24) is 19.4 Å². The lowest BCUT2D eigenvalue weighted by atomic mass is 10.1. The minimum Gasteiger partial charge on any atom is -0.465 e. The van der Waals surface area contributed by atoms with Crippen LogP contribution in [0.25, 0.3) is 11.3 Å². The fourth-order valence-corrected chi connectivity index (χ4v) is 4.11. The van der Waals surface area contributed by atoms with Crippen molar-refractivity contribution in [1.29, 1.82) is 0 Å². The van der Waals surface area contributed by atoms with E-state index in [0.717, 1.165) is 6.07 Å². The van der Waals surface area contributed by atoms with Crippen molar-refractivity contribution in [2.45, 2.75) is 0 Å². The molecule has 0 fully saturated rings. The molecule has 0 spiro atoms. The summed E-state index contributed by atoms with van der Waals surface area (Å²) in [6.07, 6.45) is 5.71. The highest BCUT2D eigenvalue weighted by atomic mass is 35.5. The third-order valence-electron chi connectivity index (χ3n) is 5.88. The van der Waals surface area contributed by atoms with E-state index in [9.17, 15) is 23.2 Å². The molecule has 0 aliphatic carbocycles. The monoisotopic (exact) mass is 556 g/mol. The number of methoxy groups -OCH3 is 1. The number of rotatable bonds is 6. The van der Waals surface area contributed by atoms with Crippen molar-refractivity contribution in [2.24, 2.45) is 7.05 Å². The van der Waals surface area contributed by atoms with Gasteiger partial charge in [-0.25, -0.2) is 14.2 Å². The molecule has 0 atom stereocenters. The van der Waals surface area contributed by atoms with Gasteiger partial charge in [-0.3, -0.25) is 9.59 Å². The second-order valence-corrected chi connectivity index (χ2v) is 9.03. The van der Waals surface area contributed by atoms with Crippen LogP contribution in [0.5, 0.6) is 0 Å². The highest BCUT2D eigenvalue weighted by Gasteiger charge is 2.23. The van der Waals surface area contributed by atoms with Crippen molar-refractivity contribution in [3.63, 3.8) is 0 Å². The molecule has 0 saturated heterocycles. The summed E-state index contributed by atoms with van der Waals surface area (Å²) in [5.74, 6) is -3.44. The molecule has 2 amide bonds. The van der Waals surface area contributed by atoms with E-state index >= 15 is 0 Å². The molecule has 13 heteroatoms. The summed E-state index contributed by atoms with van der Waals surface area (Å²) in [6.45, 7) is 0.147. The van der Waals surface area contributed by atoms with E-state index in [1.807, 2.05) is 0 Å². The van der Waals surface area contributed by atoms with E-state index in [1.165, 1.54) is 79.3 Å². The van der Waals surface area contributed by atoms with Gasteiger partial charge in [-0.2, -0.15) is 9.37 Å². The summed E-state index contributed by atoms with van der Waals surface area (Å²) in [7, 11) is 5.82. The number of halogens is 3. The van der Waals surface area contributed by atoms with E-state index in [4.69, 9.17) is 11.6 Å². The van der Waals surface area contributed by atoms with E-state index in [2.05, 4.69) is 20.0 Å². The van der Waals surface area contributed by atoms with Crippen LogP contribution in [-0.2, 0) is 16.6 Å². The average molecular weight is 557 g/mol. The Kier molecular flexibility index (Phi) is 7.77. The number of hydrogen-bond donors (Lipinski definition) is 1. The van der Waals surface area contributed by atoms with Crippen LogP contribution in [0.3, 0.4) is 0 Å². The van der Waals surface area contributed by atoms with Crippen LogP contribution in [-0.4, -0.2) is 65.0 Å². The van der Waals surface area contributed by atoms with Gasteiger partial charge in [0.15, 0.2) is 17.5 Å². The minimum atomic E-state index is -0.914. The van der Waals surface area contributed by atoms with Gasteiger partial charge in [-0.05, 0) is 30.3 Å². The number of nitrogens with zero attached hydrogens (tertiary/aromatic N) is 5. The van der Waals surface area contributed by atoms with Gasteiger partial charge in [-0.1, -0.05) is 17.7 Å². The van der Waals surface area contributed by atoms with Crippen LogP contribution < -0.4 is 10.2 Å². The number of esters is 1. The number of carbonyl (C=O) groups is 3. The Bertz CT molecular complexity index is 1550. The molecule has 202 valence electrons. The molecule has 1 aromatic carbocycles. The maximum atomic E-state index is 14.6. The quantitative estimate of drug-likeness (QED) is 0.363. The van der Waals surface area contributed by atoms with E-state index < -0.39 is 29.5 Å². The molecule has 1 aliphatic rings. The SMILES string of the molecule is COC(=O)C1=CCN(C(=O)c2ccc(NC(=O)c3ncc(-c4cc(F)c(N(C)C)nc4F)n3C)cc2Cl)C=C1. The average Bonchev–Trinajstić information content (AvgIpc) is 3.30. The molecule has 2 aromatic heterocycles. The normalized spacial score (nSPS) is 12.7. The lowest BCUT2D eigenvalue weighted by Crippen LogP contribution is -2.28. The zero-order valence-electron chi connectivity index (χ0n) is 21.3. The smallest absolute Gasteiger partial charge is 0.337 e. The molecular weight excluding hydrogens is 534 g/mol. The molecule has 0 radical (unpaired) electrons.